The first kappa shape index (κ1) is 16.7. The van der Waals surface area contributed by atoms with Crippen LogP contribution >= 0.6 is 11.6 Å². The zero-order chi connectivity index (χ0) is 15.5. The van der Waals surface area contributed by atoms with E-state index in [-0.39, 0.29) is 11.4 Å². The highest BCUT2D eigenvalue weighted by Gasteiger charge is 2.41. The van der Waals surface area contributed by atoms with Crippen LogP contribution in [0.3, 0.4) is 0 Å². The van der Waals surface area contributed by atoms with Crippen molar-refractivity contribution in [1.82, 2.24) is 4.90 Å². The average Bonchev–Trinajstić information content (AvgIpc) is 2.99. The van der Waals surface area contributed by atoms with Crippen molar-refractivity contribution in [3.8, 4) is 0 Å². The van der Waals surface area contributed by atoms with E-state index >= 15 is 0 Å². The van der Waals surface area contributed by atoms with E-state index in [4.69, 9.17) is 11.6 Å². The molecule has 0 amide bonds. The first-order valence-electron chi connectivity index (χ1n) is 7.90. The van der Waals surface area contributed by atoms with Gasteiger partial charge in [0.1, 0.15) is 5.82 Å². The molecule has 0 saturated carbocycles. The fourth-order valence-corrected chi connectivity index (χ4v) is 3.87. The van der Waals surface area contributed by atoms with E-state index < -0.39 is 6.10 Å². The Labute approximate surface area is 131 Å². The maximum absolute atomic E-state index is 13.1. The fourth-order valence-electron chi connectivity index (χ4n) is 3.63. The van der Waals surface area contributed by atoms with Gasteiger partial charge in [0.25, 0.3) is 0 Å². The molecule has 0 bridgehead atoms. The van der Waals surface area contributed by atoms with Crippen LogP contribution in [-0.4, -0.2) is 34.7 Å². The molecule has 2 nitrogen and oxygen atoms in total. The number of rotatable bonds is 6. The van der Waals surface area contributed by atoms with Crippen LogP contribution in [-0.2, 0) is 6.42 Å². The van der Waals surface area contributed by atoms with E-state index in [0.29, 0.717) is 11.4 Å². The third-order valence-corrected chi connectivity index (χ3v) is 5.36. The van der Waals surface area contributed by atoms with Crippen molar-refractivity contribution in [3.05, 3.63) is 34.6 Å². The predicted octanol–water partition coefficient (Wildman–Crippen LogP) is 4.04. The fraction of sp³-hybridized carbons (Fsp3) is 0.647. The summed E-state index contributed by atoms with van der Waals surface area (Å²) in [5.41, 5.74) is 0.616. The molecule has 0 spiro atoms. The van der Waals surface area contributed by atoms with Crippen LogP contribution in [0.4, 0.5) is 4.39 Å². The number of nitrogens with zero attached hydrogens (tertiary/aromatic N) is 1. The molecule has 21 heavy (non-hydrogen) atoms. The molecule has 1 heterocycles. The number of aliphatic hydroxyl groups excluding tert-OH is 1. The maximum Gasteiger partial charge on any atom is 0.124 e. The Bertz CT molecular complexity index is 470. The van der Waals surface area contributed by atoms with Gasteiger partial charge in [-0.2, -0.15) is 0 Å². The quantitative estimate of drug-likeness (QED) is 0.857. The minimum atomic E-state index is -0.492. The van der Waals surface area contributed by atoms with Crippen molar-refractivity contribution in [2.45, 2.75) is 57.6 Å². The van der Waals surface area contributed by atoms with E-state index in [1.54, 1.807) is 6.07 Å². The van der Waals surface area contributed by atoms with Gasteiger partial charge in [0, 0.05) is 17.0 Å². The second kappa shape index (κ2) is 7.08. The molecule has 1 atom stereocenters. The Balaban J connectivity index is 2.20. The topological polar surface area (TPSA) is 23.5 Å². The van der Waals surface area contributed by atoms with E-state index in [0.717, 1.165) is 31.5 Å². The lowest BCUT2D eigenvalue weighted by atomic mass is 9.81. The van der Waals surface area contributed by atoms with Crippen molar-refractivity contribution in [3.63, 3.8) is 0 Å². The molecule has 1 N–H and O–H groups in total. The predicted molar refractivity (Wildman–Crippen MR) is 85.2 cm³/mol. The van der Waals surface area contributed by atoms with Gasteiger partial charge in [0.2, 0.25) is 0 Å². The van der Waals surface area contributed by atoms with E-state index in [1.807, 2.05) is 0 Å². The summed E-state index contributed by atoms with van der Waals surface area (Å²) in [4.78, 5) is 2.43. The summed E-state index contributed by atoms with van der Waals surface area (Å²) in [7, 11) is 0. The molecule has 1 aliphatic rings. The van der Waals surface area contributed by atoms with Crippen LogP contribution in [0.1, 0.15) is 45.1 Å². The average molecular weight is 314 g/mol. The second-order valence-corrected chi connectivity index (χ2v) is 6.37. The van der Waals surface area contributed by atoms with Crippen LogP contribution in [0.2, 0.25) is 5.02 Å². The minimum absolute atomic E-state index is 0.200. The van der Waals surface area contributed by atoms with Gasteiger partial charge in [0.15, 0.2) is 0 Å². The van der Waals surface area contributed by atoms with Crippen LogP contribution in [0, 0.1) is 5.82 Å². The second-order valence-electron chi connectivity index (χ2n) is 5.96. The molecule has 1 saturated heterocycles. The number of hydrogen-bond acceptors (Lipinski definition) is 2. The number of likely N-dealkylation sites (tertiary alicyclic amines) is 1. The molecular weight excluding hydrogens is 289 g/mol. The van der Waals surface area contributed by atoms with Gasteiger partial charge >= 0.3 is 0 Å². The number of hydrogen-bond donors (Lipinski definition) is 1. The Morgan fingerprint density at radius 1 is 1.29 bits per heavy atom. The first-order chi connectivity index (χ1) is 10.0. The third kappa shape index (κ3) is 3.41. The highest BCUT2D eigenvalue weighted by Crippen LogP contribution is 2.34. The van der Waals surface area contributed by atoms with Crippen molar-refractivity contribution < 1.29 is 9.50 Å². The SMILES string of the molecule is CCC(CC)(C(O)Cc1ccc(F)cc1Cl)N1CCCC1. The molecule has 4 heteroatoms. The van der Waals surface area contributed by atoms with Gasteiger partial charge in [-0.15, -0.1) is 0 Å². The highest BCUT2D eigenvalue weighted by atomic mass is 35.5. The van der Waals surface area contributed by atoms with Crippen molar-refractivity contribution in [1.29, 1.82) is 0 Å². The van der Waals surface area contributed by atoms with E-state index in [9.17, 15) is 9.50 Å². The summed E-state index contributed by atoms with van der Waals surface area (Å²) in [6.07, 6.45) is 4.19. The lowest BCUT2D eigenvalue weighted by molar-refractivity contribution is -0.0269. The number of halogens is 2. The largest absolute Gasteiger partial charge is 0.391 e. The summed E-state index contributed by atoms with van der Waals surface area (Å²) >= 11 is 6.11. The molecular formula is C17H25ClFNO. The molecule has 0 aromatic heterocycles. The monoisotopic (exact) mass is 313 g/mol. The van der Waals surface area contributed by atoms with E-state index in [1.165, 1.54) is 25.0 Å². The Kier molecular flexibility index (Phi) is 5.64. The van der Waals surface area contributed by atoms with Gasteiger partial charge in [-0.05, 0) is 56.5 Å². The van der Waals surface area contributed by atoms with Crippen molar-refractivity contribution in [2.75, 3.05) is 13.1 Å². The van der Waals surface area contributed by atoms with Crippen LogP contribution in [0.25, 0.3) is 0 Å². The summed E-state index contributed by atoms with van der Waals surface area (Å²) in [5.74, 6) is -0.338. The molecule has 0 radical (unpaired) electrons. The Hall–Kier alpha value is -0.640. The molecule has 1 unspecified atom stereocenters. The summed E-state index contributed by atoms with van der Waals surface area (Å²) in [5, 5.41) is 11.3. The van der Waals surface area contributed by atoms with Crippen molar-refractivity contribution >= 4 is 11.6 Å². The van der Waals surface area contributed by atoms with Crippen LogP contribution in [0.15, 0.2) is 18.2 Å². The van der Waals surface area contributed by atoms with Gasteiger partial charge in [-0.1, -0.05) is 31.5 Å². The molecule has 1 aromatic rings. The Morgan fingerprint density at radius 2 is 1.90 bits per heavy atom. The molecule has 2 rings (SSSR count). The number of benzene rings is 1. The smallest absolute Gasteiger partial charge is 0.124 e. The minimum Gasteiger partial charge on any atom is -0.391 e. The summed E-state index contributed by atoms with van der Waals surface area (Å²) < 4.78 is 13.1. The number of aliphatic hydroxyl groups is 1. The summed E-state index contributed by atoms with van der Waals surface area (Å²) in [6.45, 7) is 6.38. The van der Waals surface area contributed by atoms with E-state index in [2.05, 4.69) is 18.7 Å². The third-order valence-electron chi connectivity index (χ3n) is 5.01. The normalized spacial score (nSPS) is 18.1. The standard InChI is InChI=1S/C17H25ClFNO/c1-3-17(4-2,20-9-5-6-10-20)16(21)11-13-7-8-14(19)12-15(13)18/h7-8,12,16,21H,3-6,9-11H2,1-2H3. The molecule has 118 valence electrons. The Morgan fingerprint density at radius 3 is 2.43 bits per heavy atom. The maximum atomic E-state index is 13.1. The van der Waals surface area contributed by atoms with Crippen LogP contribution in [0.5, 0.6) is 0 Å². The molecule has 0 aliphatic carbocycles. The van der Waals surface area contributed by atoms with Crippen molar-refractivity contribution in [2.24, 2.45) is 0 Å². The first-order valence-corrected chi connectivity index (χ1v) is 8.28. The molecule has 1 fully saturated rings. The van der Waals surface area contributed by atoms with Gasteiger partial charge in [0.05, 0.1) is 6.10 Å². The molecule has 1 aromatic carbocycles. The van der Waals surface area contributed by atoms with Crippen LogP contribution < -0.4 is 0 Å². The van der Waals surface area contributed by atoms with Gasteiger partial charge in [-0.3, -0.25) is 4.90 Å². The highest BCUT2D eigenvalue weighted by molar-refractivity contribution is 6.31. The summed E-state index contributed by atoms with van der Waals surface area (Å²) in [6, 6.07) is 4.41. The zero-order valence-electron chi connectivity index (χ0n) is 12.9. The lowest BCUT2D eigenvalue weighted by Crippen LogP contribution is -2.55. The molecule has 1 aliphatic heterocycles. The van der Waals surface area contributed by atoms with Gasteiger partial charge in [-0.25, -0.2) is 4.39 Å². The lowest BCUT2D eigenvalue weighted by Gasteiger charge is -2.44. The zero-order valence-corrected chi connectivity index (χ0v) is 13.7. The van der Waals surface area contributed by atoms with Gasteiger partial charge < -0.3 is 5.11 Å².